The topological polar surface area (TPSA) is 51.8 Å². The van der Waals surface area contributed by atoms with Gasteiger partial charge in [0.15, 0.2) is 17.5 Å². The zero-order chi connectivity index (χ0) is 38.2. The second kappa shape index (κ2) is 12.9. The highest BCUT2D eigenvalue weighted by atomic mass is 16.3. The summed E-state index contributed by atoms with van der Waals surface area (Å²) in [7, 11) is 0. The number of furan rings is 1. The molecule has 1 unspecified atom stereocenters. The van der Waals surface area contributed by atoms with Gasteiger partial charge in [-0.05, 0) is 96.9 Å². The molecule has 4 nitrogen and oxygen atoms in total. The number of benzene rings is 9. The Morgan fingerprint density at radius 2 is 0.948 bits per heavy atom. The van der Waals surface area contributed by atoms with Crippen LogP contribution in [0.15, 0.2) is 199 Å². The molecule has 58 heavy (non-hydrogen) atoms. The minimum absolute atomic E-state index is 0.0775. The molecule has 0 amide bonds. The third kappa shape index (κ3) is 5.26. The van der Waals surface area contributed by atoms with E-state index in [1.807, 2.05) is 12.1 Å². The highest BCUT2D eigenvalue weighted by molar-refractivity contribution is 6.12. The first-order valence-electron chi connectivity index (χ1n) is 19.7. The van der Waals surface area contributed by atoms with Gasteiger partial charge in [0.2, 0.25) is 0 Å². The van der Waals surface area contributed by atoms with Crippen LogP contribution < -0.4 is 0 Å². The van der Waals surface area contributed by atoms with E-state index in [2.05, 4.69) is 182 Å². The van der Waals surface area contributed by atoms with Gasteiger partial charge in [0.05, 0.1) is 0 Å². The van der Waals surface area contributed by atoms with Crippen molar-refractivity contribution in [3.8, 4) is 56.4 Å². The zero-order valence-corrected chi connectivity index (χ0v) is 31.3. The van der Waals surface area contributed by atoms with Crippen LogP contribution in [0.4, 0.5) is 0 Å². The Morgan fingerprint density at radius 3 is 1.69 bits per heavy atom. The molecule has 12 rings (SSSR count). The van der Waals surface area contributed by atoms with Crippen LogP contribution in [-0.2, 0) is 0 Å². The first kappa shape index (κ1) is 32.5. The summed E-state index contributed by atoms with van der Waals surface area (Å²) < 4.78 is 6.59. The smallest absolute Gasteiger partial charge is 0.164 e. The number of fused-ring (bicyclic) bond motifs is 8. The lowest BCUT2D eigenvalue weighted by Gasteiger charge is -2.15. The summed E-state index contributed by atoms with van der Waals surface area (Å²) >= 11 is 0. The normalized spacial score (nSPS) is 13.3. The monoisotopic (exact) mass is 739 g/mol. The van der Waals surface area contributed by atoms with Gasteiger partial charge in [-0.15, -0.1) is 0 Å². The Morgan fingerprint density at radius 1 is 0.345 bits per heavy atom. The number of nitrogens with zero attached hydrogens (tertiary/aromatic N) is 3. The molecule has 4 heteroatoms. The molecular weight excluding hydrogens is 707 g/mol. The Kier molecular flexibility index (Phi) is 7.26. The van der Waals surface area contributed by atoms with Gasteiger partial charge >= 0.3 is 0 Å². The van der Waals surface area contributed by atoms with Gasteiger partial charge in [0.25, 0.3) is 0 Å². The van der Waals surface area contributed by atoms with Crippen LogP contribution in [0.1, 0.15) is 22.6 Å². The predicted octanol–water partition coefficient (Wildman–Crippen LogP) is 13.9. The van der Waals surface area contributed by atoms with Crippen molar-refractivity contribution in [2.24, 2.45) is 0 Å². The molecule has 0 fully saturated rings. The second-order valence-corrected chi connectivity index (χ2v) is 15.2. The van der Waals surface area contributed by atoms with Gasteiger partial charge in [0, 0.05) is 33.4 Å². The molecule has 0 saturated heterocycles. The lowest BCUT2D eigenvalue weighted by Crippen LogP contribution is -2.01. The summed E-state index contributed by atoms with van der Waals surface area (Å²) in [6.45, 7) is 0. The molecule has 1 atom stereocenters. The first-order valence-corrected chi connectivity index (χ1v) is 19.7. The van der Waals surface area contributed by atoms with Crippen molar-refractivity contribution < 1.29 is 4.42 Å². The number of aromatic nitrogens is 3. The average Bonchev–Trinajstić information content (AvgIpc) is 3.84. The maximum absolute atomic E-state index is 6.59. The number of rotatable bonds is 5. The Balaban J connectivity index is 1.04. The molecule has 2 heterocycles. The predicted molar refractivity (Wildman–Crippen MR) is 237 cm³/mol. The molecule has 1 aliphatic rings. The molecule has 0 N–H and O–H groups in total. The highest BCUT2D eigenvalue weighted by Crippen LogP contribution is 2.50. The molecule has 9 aromatic carbocycles. The third-order valence-corrected chi connectivity index (χ3v) is 11.8. The standard InChI is InChI=1S/C54H33N3O/c1-2-11-33(12-3-1)38-25-27-44-46(31-38)42-17-8-9-18-43(42)50(44)39-26-28-48-47(32-39)51-45(19-10-20-49(51)58-48)54-56-52(40-23-21-34-13-4-6-15-36(34)29-40)55-53(57-54)41-24-22-35-14-5-7-16-37(35)30-41/h1-32,50H. The molecule has 2 aromatic heterocycles. The van der Waals surface area contributed by atoms with Gasteiger partial charge < -0.3 is 4.42 Å². The van der Waals surface area contributed by atoms with Crippen LogP contribution in [0.5, 0.6) is 0 Å². The van der Waals surface area contributed by atoms with E-state index in [9.17, 15) is 0 Å². The molecule has 0 saturated carbocycles. The van der Waals surface area contributed by atoms with Crippen molar-refractivity contribution in [1.82, 2.24) is 15.0 Å². The maximum Gasteiger partial charge on any atom is 0.164 e. The van der Waals surface area contributed by atoms with Crippen molar-refractivity contribution in [2.45, 2.75) is 5.92 Å². The van der Waals surface area contributed by atoms with Gasteiger partial charge in [0.1, 0.15) is 11.2 Å². The van der Waals surface area contributed by atoms with Gasteiger partial charge in [-0.25, -0.2) is 15.0 Å². The average molecular weight is 740 g/mol. The van der Waals surface area contributed by atoms with E-state index in [0.29, 0.717) is 17.5 Å². The quantitative estimate of drug-likeness (QED) is 0.176. The number of hydrogen-bond acceptors (Lipinski definition) is 4. The van der Waals surface area contributed by atoms with Crippen LogP contribution in [-0.4, -0.2) is 15.0 Å². The molecule has 11 aromatic rings. The first-order chi connectivity index (χ1) is 28.7. The Bertz CT molecular complexity index is 3320. The van der Waals surface area contributed by atoms with Crippen LogP contribution in [0.3, 0.4) is 0 Å². The second-order valence-electron chi connectivity index (χ2n) is 15.2. The summed E-state index contributed by atoms with van der Waals surface area (Å²) in [5, 5.41) is 6.64. The summed E-state index contributed by atoms with van der Waals surface area (Å²) in [6, 6.07) is 68.8. The third-order valence-electron chi connectivity index (χ3n) is 11.8. The maximum atomic E-state index is 6.59. The van der Waals surface area contributed by atoms with E-state index in [1.54, 1.807) is 0 Å². The van der Waals surface area contributed by atoms with Crippen molar-refractivity contribution in [3.05, 3.63) is 211 Å². The molecular formula is C54H33N3O. The summed E-state index contributed by atoms with van der Waals surface area (Å²) in [5.74, 6) is 1.93. The summed E-state index contributed by atoms with van der Waals surface area (Å²) in [4.78, 5) is 15.6. The van der Waals surface area contributed by atoms with E-state index < -0.39 is 0 Å². The van der Waals surface area contributed by atoms with Crippen LogP contribution in [0.2, 0.25) is 0 Å². The minimum atomic E-state index is 0.0775. The molecule has 0 bridgehead atoms. The fourth-order valence-electron chi connectivity index (χ4n) is 8.99. The lowest BCUT2D eigenvalue weighted by atomic mass is 9.88. The summed E-state index contributed by atoms with van der Waals surface area (Å²) in [5.41, 5.74) is 13.2. The Hall–Kier alpha value is -7.69. The fourth-order valence-corrected chi connectivity index (χ4v) is 8.99. The lowest BCUT2D eigenvalue weighted by molar-refractivity contribution is 0.668. The van der Waals surface area contributed by atoms with E-state index >= 15 is 0 Å². The van der Waals surface area contributed by atoms with Crippen LogP contribution >= 0.6 is 0 Å². The van der Waals surface area contributed by atoms with Crippen molar-refractivity contribution >= 4 is 43.5 Å². The van der Waals surface area contributed by atoms with Crippen molar-refractivity contribution in [1.29, 1.82) is 0 Å². The van der Waals surface area contributed by atoms with Gasteiger partial charge in [-0.1, -0.05) is 158 Å². The molecule has 270 valence electrons. The molecule has 1 aliphatic carbocycles. The van der Waals surface area contributed by atoms with Crippen molar-refractivity contribution in [3.63, 3.8) is 0 Å². The largest absolute Gasteiger partial charge is 0.456 e. The van der Waals surface area contributed by atoms with Crippen LogP contribution in [0.25, 0.3) is 99.9 Å². The van der Waals surface area contributed by atoms with E-state index in [1.165, 1.54) is 49.7 Å². The highest BCUT2D eigenvalue weighted by Gasteiger charge is 2.31. The van der Waals surface area contributed by atoms with Gasteiger partial charge in [-0.3, -0.25) is 0 Å². The molecule has 0 spiro atoms. The minimum Gasteiger partial charge on any atom is -0.456 e. The van der Waals surface area contributed by atoms with E-state index in [4.69, 9.17) is 19.4 Å². The number of hydrogen-bond donors (Lipinski definition) is 0. The van der Waals surface area contributed by atoms with Gasteiger partial charge in [-0.2, -0.15) is 0 Å². The molecule has 0 radical (unpaired) electrons. The molecule has 0 aliphatic heterocycles. The zero-order valence-electron chi connectivity index (χ0n) is 31.3. The van der Waals surface area contributed by atoms with Crippen LogP contribution in [0, 0.1) is 0 Å². The van der Waals surface area contributed by atoms with E-state index in [0.717, 1.165) is 49.4 Å². The SMILES string of the molecule is c1ccc(-c2ccc3c(c2)-c2ccccc2C3c2ccc3oc4cccc(-c5nc(-c6ccc7ccccc7c6)nc(-c6ccc7ccccc7c6)n5)c4c3c2)cc1. The fraction of sp³-hybridized carbons (Fsp3) is 0.0185. The Labute approximate surface area is 334 Å². The summed E-state index contributed by atoms with van der Waals surface area (Å²) in [6.07, 6.45) is 0. The van der Waals surface area contributed by atoms with E-state index in [-0.39, 0.29) is 5.92 Å². The van der Waals surface area contributed by atoms with Crippen molar-refractivity contribution in [2.75, 3.05) is 0 Å².